The maximum absolute atomic E-state index is 11.7. The number of rotatable bonds is 8. The van der Waals surface area contributed by atoms with Crippen LogP contribution < -0.4 is 5.32 Å². The van der Waals surface area contributed by atoms with Crippen molar-refractivity contribution in [3.8, 4) is 0 Å². The number of hydrogen-bond donors (Lipinski definition) is 2. The summed E-state index contributed by atoms with van der Waals surface area (Å²) in [6, 6.07) is 0. The predicted octanol–water partition coefficient (Wildman–Crippen LogP) is 2.87. The molecule has 1 unspecified atom stereocenters. The van der Waals surface area contributed by atoms with Crippen molar-refractivity contribution in [3.05, 3.63) is 0 Å². The lowest BCUT2D eigenvalue weighted by molar-refractivity contribution is -0.121. The van der Waals surface area contributed by atoms with Crippen LogP contribution >= 0.6 is 0 Å². The quantitative estimate of drug-likeness (QED) is 0.700. The zero-order chi connectivity index (χ0) is 13.2. The summed E-state index contributed by atoms with van der Waals surface area (Å²) in [5.74, 6) is 1.40. The Balaban J connectivity index is 2.08. The first kappa shape index (κ1) is 15.5. The van der Waals surface area contributed by atoms with Crippen LogP contribution in [0.5, 0.6) is 0 Å². The molecule has 0 aromatic heterocycles. The molecule has 1 saturated carbocycles. The Morgan fingerprint density at radius 1 is 1.33 bits per heavy atom. The van der Waals surface area contributed by atoms with Crippen molar-refractivity contribution < 1.29 is 9.90 Å². The van der Waals surface area contributed by atoms with E-state index < -0.39 is 0 Å². The average molecular weight is 255 g/mol. The molecule has 1 rings (SSSR count). The minimum Gasteiger partial charge on any atom is -0.396 e. The minimum atomic E-state index is 0.192. The molecule has 1 amide bonds. The standard InChI is InChI=1S/C15H29NO2/c1-2-13(10-11-17)12-16-15(18)9-8-14-6-4-3-5-7-14/h13-14,17H,2-12H2,1H3,(H,16,18). The SMILES string of the molecule is CCC(CCO)CNC(=O)CCC1CCCCC1. The second kappa shape index (κ2) is 9.37. The first-order chi connectivity index (χ1) is 8.76. The normalized spacial score (nSPS) is 18.6. The maximum atomic E-state index is 11.7. The largest absolute Gasteiger partial charge is 0.396 e. The van der Waals surface area contributed by atoms with E-state index in [-0.39, 0.29) is 12.5 Å². The molecule has 0 spiro atoms. The molecule has 2 N–H and O–H groups in total. The summed E-state index contributed by atoms with van der Waals surface area (Å²) in [6.07, 6.45) is 10.2. The third-order valence-electron chi connectivity index (χ3n) is 4.21. The Bertz CT molecular complexity index is 214. The van der Waals surface area contributed by atoms with E-state index in [0.29, 0.717) is 12.3 Å². The molecule has 0 heterocycles. The van der Waals surface area contributed by atoms with Gasteiger partial charge in [-0.05, 0) is 24.7 Å². The van der Waals surface area contributed by atoms with Gasteiger partial charge in [0.2, 0.25) is 5.91 Å². The number of aliphatic hydroxyl groups is 1. The van der Waals surface area contributed by atoms with Gasteiger partial charge in [0.15, 0.2) is 0 Å². The molecular weight excluding hydrogens is 226 g/mol. The highest BCUT2D eigenvalue weighted by atomic mass is 16.3. The zero-order valence-corrected chi connectivity index (χ0v) is 11.8. The Hall–Kier alpha value is -0.570. The van der Waals surface area contributed by atoms with Gasteiger partial charge in [0.05, 0.1) is 0 Å². The summed E-state index contributed by atoms with van der Waals surface area (Å²) < 4.78 is 0. The van der Waals surface area contributed by atoms with E-state index in [1.807, 2.05) is 0 Å². The highest BCUT2D eigenvalue weighted by Crippen LogP contribution is 2.27. The van der Waals surface area contributed by atoms with E-state index in [2.05, 4.69) is 12.2 Å². The molecule has 0 aromatic rings. The van der Waals surface area contributed by atoms with Crippen molar-refractivity contribution in [1.29, 1.82) is 0 Å². The summed E-state index contributed by atoms with van der Waals surface area (Å²) in [5, 5.41) is 11.9. The van der Waals surface area contributed by atoms with Crippen LogP contribution in [0.2, 0.25) is 0 Å². The number of aliphatic hydroxyl groups excluding tert-OH is 1. The highest BCUT2D eigenvalue weighted by Gasteiger charge is 2.15. The summed E-state index contributed by atoms with van der Waals surface area (Å²) in [4.78, 5) is 11.7. The molecule has 0 aromatic carbocycles. The second-order valence-electron chi connectivity index (χ2n) is 5.63. The van der Waals surface area contributed by atoms with E-state index in [0.717, 1.165) is 31.7 Å². The van der Waals surface area contributed by atoms with Crippen LogP contribution in [0.1, 0.15) is 64.7 Å². The van der Waals surface area contributed by atoms with Crippen molar-refractivity contribution in [2.45, 2.75) is 64.7 Å². The van der Waals surface area contributed by atoms with Crippen LogP contribution in [0.15, 0.2) is 0 Å². The van der Waals surface area contributed by atoms with Crippen LogP contribution in [0.3, 0.4) is 0 Å². The van der Waals surface area contributed by atoms with E-state index in [1.54, 1.807) is 0 Å². The molecule has 1 aliphatic rings. The topological polar surface area (TPSA) is 49.3 Å². The second-order valence-corrected chi connectivity index (χ2v) is 5.63. The molecule has 0 aliphatic heterocycles. The Morgan fingerprint density at radius 3 is 2.67 bits per heavy atom. The molecule has 3 heteroatoms. The number of hydrogen-bond acceptors (Lipinski definition) is 2. The van der Waals surface area contributed by atoms with Crippen LogP contribution in [-0.4, -0.2) is 24.2 Å². The Kier molecular flexibility index (Phi) is 8.06. The van der Waals surface area contributed by atoms with Crippen LogP contribution in [0.25, 0.3) is 0 Å². The Morgan fingerprint density at radius 2 is 2.06 bits per heavy atom. The number of carbonyl (C=O) groups excluding carboxylic acids is 1. The summed E-state index contributed by atoms with van der Waals surface area (Å²) in [7, 11) is 0. The fraction of sp³-hybridized carbons (Fsp3) is 0.933. The first-order valence-corrected chi connectivity index (χ1v) is 7.63. The molecule has 18 heavy (non-hydrogen) atoms. The molecule has 0 saturated heterocycles. The molecular formula is C15H29NO2. The van der Waals surface area contributed by atoms with Crippen molar-refractivity contribution in [3.63, 3.8) is 0 Å². The summed E-state index contributed by atoms with van der Waals surface area (Å²) >= 11 is 0. The zero-order valence-electron chi connectivity index (χ0n) is 11.8. The molecule has 0 radical (unpaired) electrons. The first-order valence-electron chi connectivity index (χ1n) is 7.63. The number of amides is 1. The van der Waals surface area contributed by atoms with Crippen molar-refractivity contribution in [2.24, 2.45) is 11.8 Å². The van der Waals surface area contributed by atoms with Gasteiger partial charge in [0.25, 0.3) is 0 Å². The van der Waals surface area contributed by atoms with Crippen LogP contribution in [-0.2, 0) is 4.79 Å². The fourth-order valence-electron chi connectivity index (χ4n) is 2.79. The van der Waals surface area contributed by atoms with Gasteiger partial charge in [-0.3, -0.25) is 4.79 Å². The molecule has 3 nitrogen and oxygen atoms in total. The molecule has 0 bridgehead atoms. The molecule has 1 aliphatic carbocycles. The van der Waals surface area contributed by atoms with Gasteiger partial charge < -0.3 is 10.4 Å². The van der Waals surface area contributed by atoms with Gasteiger partial charge in [-0.25, -0.2) is 0 Å². The van der Waals surface area contributed by atoms with Crippen LogP contribution in [0.4, 0.5) is 0 Å². The van der Waals surface area contributed by atoms with E-state index in [9.17, 15) is 4.79 Å². The van der Waals surface area contributed by atoms with E-state index in [1.165, 1.54) is 32.1 Å². The summed E-state index contributed by atoms with van der Waals surface area (Å²) in [6.45, 7) is 3.05. The third kappa shape index (κ3) is 6.39. The lowest BCUT2D eigenvalue weighted by Gasteiger charge is -2.21. The Labute approximate surface area is 111 Å². The maximum Gasteiger partial charge on any atom is 0.220 e. The van der Waals surface area contributed by atoms with Gasteiger partial charge in [-0.2, -0.15) is 0 Å². The van der Waals surface area contributed by atoms with Gasteiger partial charge in [-0.15, -0.1) is 0 Å². The van der Waals surface area contributed by atoms with Crippen molar-refractivity contribution >= 4 is 5.91 Å². The average Bonchev–Trinajstić information content (AvgIpc) is 2.42. The monoisotopic (exact) mass is 255 g/mol. The number of carbonyl (C=O) groups is 1. The smallest absolute Gasteiger partial charge is 0.220 e. The van der Waals surface area contributed by atoms with Crippen molar-refractivity contribution in [1.82, 2.24) is 5.32 Å². The van der Waals surface area contributed by atoms with E-state index >= 15 is 0 Å². The molecule has 1 fully saturated rings. The van der Waals surface area contributed by atoms with Gasteiger partial charge in [-0.1, -0.05) is 45.4 Å². The van der Waals surface area contributed by atoms with Gasteiger partial charge in [0.1, 0.15) is 0 Å². The lowest BCUT2D eigenvalue weighted by Crippen LogP contribution is -2.29. The van der Waals surface area contributed by atoms with Crippen molar-refractivity contribution in [2.75, 3.05) is 13.2 Å². The van der Waals surface area contributed by atoms with Gasteiger partial charge in [0, 0.05) is 19.6 Å². The highest BCUT2D eigenvalue weighted by molar-refractivity contribution is 5.75. The summed E-state index contributed by atoms with van der Waals surface area (Å²) in [5.41, 5.74) is 0. The molecule has 106 valence electrons. The molecule has 1 atom stereocenters. The fourth-order valence-corrected chi connectivity index (χ4v) is 2.79. The van der Waals surface area contributed by atoms with Gasteiger partial charge >= 0.3 is 0 Å². The third-order valence-corrected chi connectivity index (χ3v) is 4.21. The lowest BCUT2D eigenvalue weighted by atomic mass is 9.86. The predicted molar refractivity (Wildman–Crippen MR) is 74.3 cm³/mol. The number of nitrogens with one attached hydrogen (secondary N) is 1. The van der Waals surface area contributed by atoms with Crippen LogP contribution in [0, 0.1) is 11.8 Å². The van der Waals surface area contributed by atoms with E-state index in [4.69, 9.17) is 5.11 Å². The minimum absolute atomic E-state index is 0.192.